The lowest BCUT2D eigenvalue weighted by atomic mass is 10.2. The zero-order valence-corrected chi connectivity index (χ0v) is 15.3. The van der Waals surface area contributed by atoms with Crippen molar-refractivity contribution in [3.8, 4) is 11.5 Å². The maximum absolute atomic E-state index is 12.2. The van der Waals surface area contributed by atoms with Crippen LogP contribution in [-0.4, -0.2) is 30.1 Å². The SMILES string of the molecule is COc1ccc(CSCC(=O)Nc2cccc(OC(F)(F)F)c2)cc1[N+](=O)[O-]. The molecule has 0 aliphatic rings. The highest BCUT2D eigenvalue weighted by Gasteiger charge is 2.31. The van der Waals surface area contributed by atoms with Gasteiger partial charge in [0.15, 0.2) is 5.75 Å². The maximum atomic E-state index is 12.2. The van der Waals surface area contributed by atoms with Gasteiger partial charge in [0.25, 0.3) is 0 Å². The first-order valence-corrected chi connectivity index (χ1v) is 8.88. The van der Waals surface area contributed by atoms with Gasteiger partial charge < -0.3 is 14.8 Å². The van der Waals surface area contributed by atoms with Crippen molar-refractivity contribution in [1.29, 1.82) is 0 Å². The summed E-state index contributed by atoms with van der Waals surface area (Å²) in [4.78, 5) is 22.4. The topological polar surface area (TPSA) is 90.7 Å². The van der Waals surface area contributed by atoms with Crippen LogP contribution in [0.3, 0.4) is 0 Å². The van der Waals surface area contributed by atoms with Gasteiger partial charge in [-0.15, -0.1) is 24.9 Å². The lowest BCUT2D eigenvalue weighted by Gasteiger charge is -2.10. The third kappa shape index (κ3) is 6.65. The molecule has 0 radical (unpaired) electrons. The molecule has 0 spiro atoms. The predicted molar refractivity (Wildman–Crippen MR) is 97.6 cm³/mol. The summed E-state index contributed by atoms with van der Waals surface area (Å²) in [5, 5.41) is 13.5. The van der Waals surface area contributed by atoms with Crippen molar-refractivity contribution in [2.24, 2.45) is 0 Å². The Morgan fingerprint density at radius 2 is 2.00 bits per heavy atom. The number of nitrogens with zero attached hydrogens (tertiary/aromatic N) is 1. The van der Waals surface area contributed by atoms with Crippen molar-refractivity contribution in [3.05, 3.63) is 58.1 Å². The van der Waals surface area contributed by atoms with E-state index in [1.807, 2.05) is 0 Å². The van der Waals surface area contributed by atoms with Crippen LogP contribution < -0.4 is 14.8 Å². The van der Waals surface area contributed by atoms with Crippen LogP contribution in [0.5, 0.6) is 11.5 Å². The number of thioether (sulfide) groups is 1. The number of nitrogens with one attached hydrogen (secondary N) is 1. The van der Waals surface area contributed by atoms with E-state index in [1.165, 1.54) is 43.1 Å². The van der Waals surface area contributed by atoms with Gasteiger partial charge in [0, 0.05) is 23.6 Å². The summed E-state index contributed by atoms with van der Waals surface area (Å²) in [6.45, 7) is 0. The molecule has 0 aromatic heterocycles. The molecule has 0 saturated carbocycles. The molecule has 0 aliphatic carbocycles. The minimum Gasteiger partial charge on any atom is -0.490 e. The normalized spacial score (nSPS) is 11.0. The van der Waals surface area contributed by atoms with E-state index in [2.05, 4.69) is 10.1 Å². The highest BCUT2D eigenvalue weighted by molar-refractivity contribution is 7.99. The van der Waals surface area contributed by atoms with Gasteiger partial charge in [-0.2, -0.15) is 0 Å². The fourth-order valence-corrected chi connectivity index (χ4v) is 2.97. The van der Waals surface area contributed by atoms with E-state index < -0.39 is 22.9 Å². The van der Waals surface area contributed by atoms with Crippen molar-refractivity contribution < 1.29 is 32.4 Å². The van der Waals surface area contributed by atoms with Gasteiger partial charge in [-0.3, -0.25) is 14.9 Å². The molecule has 0 saturated heterocycles. The second-order valence-corrected chi connectivity index (χ2v) is 6.37. The molecule has 28 heavy (non-hydrogen) atoms. The Morgan fingerprint density at radius 1 is 1.25 bits per heavy atom. The first-order valence-electron chi connectivity index (χ1n) is 7.72. The number of amides is 1. The number of anilines is 1. The molecule has 2 rings (SSSR count). The van der Waals surface area contributed by atoms with Gasteiger partial charge >= 0.3 is 12.0 Å². The third-order valence-electron chi connectivity index (χ3n) is 3.29. The molecule has 150 valence electrons. The highest BCUT2D eigenvalue weighted by atomic mass is 32.2. The van der Waals surface area contributed by atoms with Crippen molar-refractivity contribution in [1.82, 2.24) is 0 Å². The number of nitro benzene ring substituents is 1. The average Bonchev–Trinajstić information content (AvgIpc) is 2.60. The fourth-order valence-electron chi connectivity index (χ4n) is 2.20. The molecule has 0 bridgehead atoms. The summed E-state index contributed by atoms with van der Waals surface area (Å²) >= 11 is 1.20. The van der Waals surface area contributed by atoms with Crippen LogP contribution in [0.4, 0.5) is 24.5 Å². The van der Waals surface area contributed by atoms with Gasteiger partial charge in [0.1, 0.15) is 5.75 Å². The summed E-state index contributed by atoms with van der Waals surface area (Å²) in [6, 6.07) is 9.41. The largest absolute Gasteiger partial charge is 0.573 e. The highest BCUT2D eigenvalue weighted by Crippen LogP contribution is 2.29. The Balaban J connectivity index is 1.89. The van der Waals surface area contributed by atoms with Crippen molar-refractivity contribution in [3.63, 3.8) is 0 Å². The molecule has 0 atom stereocenters. The summed E-state index contributed by atoms with van der Waals surface area (Å²) in [5.41, 5.74) is 0.616. The van der Waals surface area contributed by atoms with Crippen LogP contribution in [-0.2, 0) is 10.5 Å². The Labute approximate surface area is 162 Å². The fraction of sp³-hybridized carbons (Fsp3) is 0.235. The molecule has 0 heterocycles. The molecule has 0 aliphatic heterocycles. The van der Waals surface area contributed by atoms with Crippen LogP contribution in [0.25, 0.3) is 0 Å². The van der Waals surface area contributed by atoms with E-state index in [9.17, 15) is 28.1 Å². The molecular formula is C17H15F3N2O5S. The second-order valence-electron chi connectivity index (χ2n) is 5.38. The number of halogens is 3. The van der Waals surface area contributed by atoms with Crippen LogP contribution in [0, 0.1) is 10.1 Å². The Bertz CT molecular complexity index is 861. The van der Waals surface area contributed by atoms with Crippen LogP contribution in [0.1, 0.15) is 5.56 Å². The Morgan fingerprint density at radius 3 is 2.64 bits per heavy atom. The number of alkyl halides is 3. The number of hydrogen-bond donors (Lipinski definition) is 1. The number of carbonyl (C=O) groups is 1. The zero-order chi connectivity index (χ0) is 20.7. The van der Waals surface area contributed by atoms with Gasteiger partial charge in [-0.25, -0.2) is 0 Å². The van der Waals surface area contributed by atoms with E-state index in [0.717, 1.165) is 12.1 Å². The number of benzene rings is 2. The Kier molecular flexibility index (Phi) is 7.10. The molecular weight excluding hydrogens is 401 g/mol. The average molecular weight is 416 g/mol. The quantitative estimate of drug-likeness (QED) is 0.508. The van der Waals surface area contributed by atoms with Gasteiger partial charge in [-0.05, 0) is 23.8 Å². The van der Waals surface area contributed by atoms with E-state index in [4.69, 9.17) is 4.74 Å². The zero-order valence-electron chi connectivity index (χ0n) is 14.5. The molecule has 0 fully saturated rings. The van der Waals surface area contributed by atoms with Crippen LogP contribution >= 0.6 is 11.8 Å². The minimum absolute atomic E-state index is 0.00415. The standard InChI is InChI=1S/C17H15F3N2O5S/c1-26-15-6-5-11(7-14(15)22(24)25)9-28-10-16(23)21-12-3-2-4-13(8-12)27-17(18,19)20/h2-8H,9-10H2,1H3,(H,21,23). The summed E-state index contributed by atoms with van der Waals surface area (Å²) in [5.74, 6) is -0.405. The predicted octanol–water partition coefficient (Wildman–Crippen LogP) is 4.37. The maximum Gasteiger partial charge on any atom is 0.573 e. The van der Waals surface area contributed by atoms with Crippen LogP contribution in [0.2, 0.25) is 0 Å². The first-order chi connectivity index (χ1) is 13.2. The van der Waals surface area contributed by atoms with Crippen LogP contribution in [0.15, 0.2) is 42.5 Å². The number of carbonyl (C=O) groups excluding carboxylic acids is 1. The third-order valence-corrected chi connectivity index (χ3v) is 4.30. The molecule has 1 amide bonds. The number of rotatable bonds is 8. The van der Waals surface area contributed by atoms with E-state index in [0.29, 0.717) is 11.3 Å². The monoisotopic (exact) mass is 416 g/mol. The van der Waals surface area contributed by atoms with Crippen molar-refractivity contribution >= 4 is 29.0 Å². The van der Waals surface area contributed by atoms with E-state index in [1.54, 1.807) is 6.07 Å². The number of methoxy groups -OCH3 is 1. The number of hydrogen-bond acceptors (Lipinski definition) is 6. The van der Waals surface area contributed by atoms with Crippen molar-refractivity contribution in [2.75, 3.05) is 18.2 Å². The lowest BCUT2D eigenvalue weighted by molar-refractivity contribution is -0.385. The van der Waals surface area contributed by atoms with Gasteiger partial charge in [-0.1, -0.05) is 12.1 Å². The molecule has 1 N–H and O–H groups in total. The summed E-state index contributed by atoms with van der Waals surface area (Å²) < 4.78 is 45.4. The van der Waals surface area contributed by atoms with Gasteiger partial charge in [0.2, 0.25) is 5.91 Å². The molecule has 2 aromatic carbocycles. The smallest absolute Gasteiger partial charge is 0.490 e. The number of ether oxygens (including phenoxy) is 2. The molecule has 2 aromatic rings. The molecule has 0 unspecified atom stereocenters. The van der Waals surface area contributed by atoms with E-state index in [-0.39, 0.29) is 22.9 Å². The number of nitro groups is 1. The molecule has 7 nitrogen and oxygen atoms in total. The Hall–Kier alpha value is -2.95. The summed E-state index contributed by atoms with van der Waals surface area (Å²) in [6.07, 6.45) is -4.82. The van der Waals surface area contributed by atoms with Crippen molar-refractivity contribution in [2.45, 2.75) is 12.1 Å². The summed E-state index contributed by atoms with van der Waals surface area (Å²) in [7, 11) is 1.33. The second kappa shape index (κ2) is 9.31. The first kappa shape index (κ1) is 21.4. The molecule has 11 heteroatoms. The van der Waals surface area contributed by atoms with Gasteiger partial charge in [0.05, 0.1) is 17.8 Å². The van der Waals surface area contributed by atoms with E-state index >= 15 is 0 Å². The lowest BCUT2D eigenvalue weighted by Crippen LogP contribution is -2.18. The minimum atomic E-state index is -4.82.